The molecule has 0 amide bonds. The minimum atomic E-state index is 0.138. The molecular weight excluding hydrogens is 633 g/mol. The standard InChI is InChI=1S/C48H42N4/c1-51-48(39-18-6-3-7-19-39)52(51)47(49-33-34-26-28-36(29-27-34)35-14-4-2-5-15-35)40-21-12-22-41(32-40)50-45-31-30-38-17-9-11-24-43(38)46(45)44-25-13-20-37-16-8-10-23-42(37)44/h2-12,14-19,21-29,32,48,50H,13,20,30-31,33H2,1H3. The summed E-state index contributed by atoms with van der Waals surface area (Å²) < 4.78 is 0. The minimum absolute atomic E-state index is 0.138. The van der Waals surface area contributed by atoms with Gasteiger partial charge in [0.15, 0.2) is 0 Å². The first-order chi connectivity index (χ1) is 25.7. The highest BCUT2D eigenvalue weighted by atomic mass is 15.9. The number of aliphatic imine (C=N–C) groups is 1. The summed E-state index contributed by atoms with van der Waals surface area (Å²) in [4.78, 5) is 5.34. The molecule has 6 aromatic rings. The fourth-order valence-corrected chi connectivity index (χ4v) is 7.99. The second-order valence-corrected chi connectivity index (χ2v) is 13.9. The van der Waals surface area contributed by atoms with Crippen molar-refractivity contribution in [1.82, 2.24) is 10.0 Å². The normalized spacial score (nSPS) is 18.0. The Kier molecular flexibility index (Phi) is 8.59. The lowest BCUT2D eigenvalue weighted by atomic mass is 9.78. The molecule has 0 spiro atoms. The number of aryl methyl sites for hydroxylation is 2. The number of nitrogens with zero attached hydrogens (tertiary/aromatic N) is 3. The number of fused-ring (bicyclic) bond motifs is 2. The number of allylic oxidation sites excluding steroid dienone is 4. The Morgan fingerprint density at radius 3 is 2.12 bits per heavy atom. The zero-order valence-corrected chi connectivity index (χ0v) is 29.5. The van der Waals surface area contributed by atoms with Crippen molar-refractivity contribution in [3.05, 3.63) is 208 Å². The number of anilines is 1. The SMILES string of the molecule is CN1C(c2ccccc2)N1C(=NCc1ccc(-c2ccccc2)cc1)c1cccc(NC2=C(C3=CCCc4ccccc43)c3ccccc3CC2)c1. The Bertz CT molecular complexity index is 2320. The molecule has 0 bridgehead atoms. The van der Waals surface area contributed by atoms with E-state index < -0.39 is 0 Å². The fourth-order valence-electron chi connectivity index (χ4n) is 7.99. The number of hydrazine groups is 1. The van der Waals surface area contributed by atoms with Gasteiger partial charge in [0.25, 0.3) is 0 Å². The molecular formula is C48H42N4. The summed E-state index contributed by atoms with van der Waals surface area (Å²) >= 11 is 0. The van der Waals surface area contributed by atoms with Gasteiger partial charge in [-0.1, -0.05) is 152 Å². The number of nitrogens with one attached hydrogen (secondary N) is 1. The average Bonchev–Trinajstić information content (AvgIpc) is 3.88. The summed E-state index contributed by atoms with van der Waals surface area (Å²) in [5.74, 6) is 0.972. The van der Waals surface area contributed by atoms with Gasteiger partial charge in [0.2, 0.25) is 0 Å². The van der Waals surface area contributed by atoms with Crippen LogP contribution in [0.3, 0.4) is 0 Å². The molecule has 1 N–H and O–H groups in total. The molecule has 0 saturated carbocycles. The van der Waals surface area contributed by atoms with Gasteiger partial charge in [0.05, 0.1) is 6.54 Å². The third kappa shape index (κ3) is 6.27. The first-order valence-corrected chi connectivity index (χ1v) is 18.4. The monoisotopic (exact) mass is 674 g/mol. The van der Waals surface area contributed by atoms with E-state index in [-0.39, 0.29) is 6.17 Å². The van der Waals surface area contributed by atoms with Gasteiger partial charge in [-0.15, -0.1) is 0 Å². The van der Waals surface area contributed by atoms with E-state index in [1.807, 2.05) is 0 Å². The molecule has 4 heteroatoms. The average molecular weight is 675 g/mol. The predicted molar refractivity (Wildman–Crippen MR) is 215 cm³/mol. The van der Waals surface area contributed by atoms with Crippen LogP contribution >= 0.6 is 0 Å². The minimum Gasteiger partial charge on any atom is -0.358 e. The maximum absolute atomic E-state index is 5.34. The van der Waals surface area contributed by atoms with E-state index in [9.17, 15) is 0 Å². The summed E-state index contributed by atoms with van der Waals surface area (Å²) in [5, 5.41) is 8.55. The summed E-state index contributed by atoms with van der Waals surface area (Å²) in [7, 11) is 2.15. The van der Waals surface area contributed by atoms with Crippen LogP contribution in [-0.4, -0.2) is 22.9 Å². The molecule has 0 radical (unpaired) electrons. The summed E-state index contributed by atoms with van der Waals surface area (Å²) in [6, 6.07) is 56.8. The van der Waals surface area contributed by atoms with Gasteiger partial charge in [-0.2, -0.15) is 5.01 Å². The summed E-state index contributed by atoms with van der Waals surface area (Å²) in [6.07, 6.45) is 6.72. The van der Waals surface area contributed by atoms with Gasteiger partial charge in [0.1, 0.15) is 12.0 Å². The Labute approximate surface area is 307 Å². The maximum Gasteiger partial charge on any atom is 0.147 e. The number of benzene rings is 6. The zero-order chi connectivity index (χ0) is 34.9. The van der Waals surface area contributed by atoms with Crippen molar-refractivity contribution in [1.29, 1.82) is 0 Å². The second-order valence-electron chi connectivity index (χ2n) is 13.9. The van der Waals surface area contributed by atoms with Crippen molar-refractivity contribution in [2.24, 2.45) is 4.99 Å². The molecule has 2 aliphatic carbocycles. The Hall–Kier alpha value is -5.97. The van der Waals surface area contributed by atoms with E-state index in [1.54, 1.807) is 0 Å². The molecule has 1 heterocycles. The molecule has 2 atom stereocenters. The molecule has 1 saturated heterocycles. The molecule has 254 valence electrons. The Morgan fingerprint density at radius 2 is 1.33 bits per heavy atom. The summed E-state index contributed by atoms with van der Waals surface area (Å²) in [6.45, 7) is 0.591. The van der Waals surface area contributed by atoms with Crippen LogP contribution in [0.4, 0.5) is 5.69 Å². The molecule has 52 heavy (non-hydrogen) atoms. The quantitative estimate of drug-likeness (QED) is 0.0990. The van der Waals surface area contributed by atoms with Gasteiger partial charge < -0.3 is 5.32 Å². The van der Waals surface area contributed by atoms with Crippen molar-refractivity contribution in [2.75, 3.05) is 12.4 Å². The van der Waals surface area contributed by atoms with E-state index in [0.717, 1.165) is 42.8 Å². The molecule has 4 nitrogen and oxygen atoms in total. The van der Waals surface area contributed by atoms with Crippen LogP contribution in [0.1, 0.15) is 58.0 Å². The molecule has 3 aliphatic rings. The number of amidine groups is 1. The van der Waals surface area contributed by atoms with Gasteiger partial charge >= 0.3 is 0 Å². The maximum atomic E-state index is 5.34. The van der Waals surface area contributed by atoms with Crippen LogP contribution in [0.15, 0.2) is 174 Å². The third-order valence-corrected chi connectivity index (χ3v) is 10.6. The van der Waals surface area contributed by atoms with Crippen molar-refractivity contribution in [3.63, 3.8) is 0 Å². The molecule has 0 aromatic heterocycles. The molecule has 6 aromatic carbocycles. The smallest absolute Gasteiger partial charge is 0.147 e. The van der Waals surface area contributed by atoms with Crippen molar-refractivity contribution in [3.8, 4) is 11.1 Å². The van der Waals surface area contributed by atoms with E-state index in [1.165, 1.54) is 61.4 Å². The largest absolute Gasteiger partial charge is 0.358 e. The van der Waals surface area contributed by atoms with Crippen LogP contribution in [0.25, 0.3) is 22.3 Å². The van der Waals surface area contributed by atoms with Gasteiger partial charge in [-0.25, -0.2) is 0 Å². The lowest BCUT2D eigenvalue weighted by molar-refractivity contribution is 0.478. The van der Waals surface area contributed by atoms with Crippen LogP contribution in [0, 0.1) is 0 Å². The van der Waals surface area contributed by atoms with Crippen LogP contribution in [0.5, 0.6) is 0 Å². The topological polar surface area (TPSA) is 30.4 Å². The predicted octanol–water partition coefficient (Wildman–Crippen LogP) is 11.0. The van der Waals surface area contributed by atoms with Crippen molar-refractivity contribution >= 4 is 22.7 Å². The number of hydrogen-bond donors (Lipinski definition) is 1. The lowest BCUT2D eigenvalue weighted by Crippen LogP contribution is -2.18. The van der Waals surface area contributed by atoms with Crippen LogP contribution in [-0.2, 0) is 19.4 Å². The van der Waals surface area contributed by atoms with Crippen LogP contribution < -0.4 is 5.32 Å². The zero-order valence-electron chi connectivity index (χ0n) is 29.5. The molecule has 2 unspecified atom stereocenters. The van der Waals surface area contributed by atoms with Crippen molar-refractivity contribution in [2.45, 2.75) is 38.4 Å². The highest BCUT2D eigenvalue weighted by Crippen LogP contribution is 2.44. The second kappa shape index (κ2) is 14.0. The highest BCUT2D eigenvalue weighted by molar-refractivity contribution is 6.09. The lowest BCUT2D eigenvalue weighted by Gasteiger charge is -2.29. The fraction of sp³-hybridized carbons (Fsp3) is 0.146. The van der Waals surface area contributed by atoms with E-state index in [0.29, 0.717) is 6.54 Å². The van der Waals surface area contributed by atoms with Crippen LogP contribution in [0.2, 0.25) is 0 Å². The van der Waals surface area contributed by atoms with Gasteiger partial charge in [0, 0.05) is 29.6 Å². The summed E-state index contributed by atoms with van der Waals surface area (Å²) in [5.41, 5.74) is 16.6. The van der Waals surface area contributed by atoms with Crippen molar-refractivity contribution < 1.29 is 0 Å². The highest BCUT2D eigenvalue weighted by Gasteiger charge is 2.46. The first-order valence-electron chi connectivity index (χ1n) is 18.4. The van der Waals surface area contributed by atoms with E-state index in [2.05, 4.69) is 186 Å². The molecule has 1 aliphatic heterocycles. The van der Waals surface area contributed by atoms with E-state index in [4.69, 9.17) is 4.99 Å². The first kappa shape index (κ1) is 32.0. The Morgan fingerprint density at radius 1 is 0.654 bits per heavy atom. The molecule has 9 rings (SSSR count). The number of hydrogen-bond acceptors (Lipinski definition) is 3. The third-order valence-electron chi connectivity index (χ3n) is 10.6. The Balaban J connectivity index is 1.07. The van der Waals surface area contributed by atoms with Gasteiger partial charge in [-0.05, 0) is 87.9 Å². The number of rotatable bonds is 8. The van der Waals surface area contributed by atoms with E-state index >= 15 is 0 Å². The van der Waals surface area contributed by atoms with Gasteiger partial charge in [-0.3, -0.25) is 10.0 Å². The molecule has 1 fully saturated rings.